The number of methoxy groups -OCH3 is 1. The number of hydrogen-bond acceptors (Lipinski definition) is 2. The molecule has 0 aliphatic carbocycles. The summed E-state index contributed by atoms with van der Waals surface area (Å²) in [7, 11) is 1.36. The first kappa shape index (κ1) is 13.0. The molecule has 0 atom stereocenters. The van der Waals surface area contributed by atoms with Gasteiger partial charge in [0.2, 0.25) is 0 Å². The highest BCUT2D eigenvalue weighted by molar-refractivity contribution is 5.93. The predicted octanol–water partition coefficient (Wildman–Crippen LogP) is 3.83. The van der Waals surface area contributed by atoms with Gasteiger partial charge in [-0.15, -0.1) is 0 Å². The first-order valence-corrected chi connectivity index (χ1v) is 5.36. The lowest BCUT2D eigenvalue weighted by atomic mass is 10.1. The summed E-state index contributed by atoms with van der Waals surface area (Å²) in [5.41, 5.74) is 2.60. The number of para-hydroxylation sites is 1. The SMILES string of the molecule is C=C(C)c1ccccc1N(/C=C/C)C(=O)OC. The van der Waals surface area contributed by atoms with E-state index in [-0.39, 0.29) is 0 Å². The summed E-state index contributed by atoms with van der Waals surface area (Å²) in [6.07, 6.45) is 3.04. The molecule has 0 bridgehead atoms. The van der Waals surface area contributed by atoms with Crippen molar-refractivity contribution in [1.29, 1.82) is 0 Å². The predicted molar refractivity (Wildman–Crippen MR) is 70.8 cm³/mol. The molecule has 0 heterocycles. The van der Waals surface area contributed by atoms with E-state index in [2.05, 4.69) is 6.58 Å². The van der Waals surface area contributed by atoms with Crippen LogP contribution in [0.15, 0.2) is 43.1 Å². The molecule has 0 aromatic heterocycles. The highest BCUT2D eigenvalue weighted by atomic mass is 16.5. The quantitative estimate of drug-likeness (QED) is 0.791. The standard InChI is InChI=1S/C14H17NO2/c1-5-10-15(14(16)17-4)13-9-7-6-8-12(13)11(2)3/h5-10H,2H2,1,3-4H3/b10-5+. The molecule has 0 unspecified atom stereocenters. The minimum absolute atomic E-state index is 0.420. The van der Waals surface area contributed by atoms with Crippen molar-refractivity contribution in [1.82, 2.24) is 0 Å². The van der Waals surface area contributed by atoms with Gasteiger partial charge in [0, 0.05) is 11.8 Å². The maximum absolute atomic E-state index is 11.7. The van der Waals surface area contributed by atoms with E-state index >= 15 is 0 Å². The fourth-order valence-corrected chi connectivity index (χ4v) is 1.53. The number of nitrogens with zero attached hydrogens (tertiary/aromatic N) is 1. The summed E-state index contributed by atoms with van der Waals surface area (Å²) in [6, 6.07) is 7.58. The molecule has 1 aromatic rings. The molecule has 90 valence electrons. The van der Waals surface area contributed by atoms with Gasteiger partial charge in [-0.2, -0.15) is 0 Å². The van der Waals surface area contributed by atoms with Gasteiger partial charge in [0.1, 0.15) is 0 Å². The Balaban J connectivity index is 3.27. The molecular weight excluding hydrogens is 214 g/mol. The van der Waals surface area contributed by atoms with Crippen LogP contribution in [0.25, 0.3) is 5.57 Å². The van der Waals surface area contributed by atoms with Crippen LogP contribution in [0, 0.1) is 0 Å². The summed E-state index contributed by atoms with van der Waals surface area (Å²) in [5.74, 6) is 0. The lowest BCUT2D eigenvalue weighted by Crippen LogP contribution is -2.25. The Morgan fingerprint density at radius 3 is 2.59 bits per heavy atom. The van der Waals surface area contributed by atoms with Crippen LogP contribution in [-0.2, 0) is 4.74 Å². The third kappa shape index (κ3) is 2.97. The van der Waals surface area contributed by atoms with Crippen molar-refractivity contribution in [3.05, 3.63) is 48.7 Å². The molecular formula is C14H17NO2. The Bertz CT molecular complexity index is 449. The van der Waals surface area contributed by atoms with Gasteiger partial charge in [-0.3, -0.25) is 4.90 Å². The number of ether oxygens (including phenoxy) is 1. The fraction of sp³-hybridized carbons (Fsp3) is 0.214. The van der Waals surface area contributed by atoms with Crippen molar-refractivity contribution < 1.29 is 9.53 Å². The van der Waals surface area contributed by atoms with E-state index in [1.807, 2.05) is 38.1 Å². The minimum atomic E-state index is -0.420. The second-order valence-corrected chi connectivity index (χ2v) is 3.62. The number of carbonyl (C=O) groups is 1. The summed E-state index contributed by atoms with van der Waals surface area (Å²) < 4.78 is 4.76. The van der Waals surface area contributed by atoms with E-state index in [1.165, 1.54) is 12.0 Å². The number of benzene rings is 1. The van der Waals surface area contributed by atoms with Crippen LogP contribution in [0.3, 0.4) is 0 Å². The van der Waals surface area contributed by atoms with Crippen molar-refractivity contribution in [3.8, 4) is 0 Å². The summed E-state index contributed by atoms with van der Waals surface area (Å²) in [6.45, 7) is 7.66. The first-order chi connectivity index (χ1) is 8.11. The zero-order valence-electron chi connectivity index (χ0n) is 10.4. The maximum Gasteiger partial charge on any atom is 0.418 e. The van der Waals surface area contributed by atoms with E-state index in [0.29, 0.717) is 0 Å². The molecule has 0 aliphatic rings. The van der Waals surface area contributed by atoms with Gasteiger partial charge in [-0.25, -0.2) is 4.79 Å². The number of hydrogen-bond donors (Lipinski definition) is 0. The molecule has 0 saturated heterocycles. The molecule has 0 N–H and O–H groups in total. The molecule has 0 spiro atoms. The van der Waals surface area contributed by atoms with Gasteiger partial charge >= 0.3 is 6.09 Å². The minimum Gasteiger partial charge on any atom is -0.452 e. The molecule has 1 aromatic carbocycles. The monoisotopic (exact) mass is 231 g/mol. The molecule has 3 nitrogen and oxygen atoms in total. The van der Waals surface area contributed by atoms with Crippen molar-refractivity contribution >= 4 is 17.4 Å². The largest absolute Gasteiger partial charge is 0.452 e. The van der Waals surface area contributed by atoms with E-state index in [0.717, 1.165) is 16.8 Å². The molecule has 1 rings (SSSR count). The molecule has 0 radical (unpaired) electrons. The van der Waals surface area contributed by atoms with Gasteiger partial charge < -0.3 is 4.74 Å². The first-order valence-electron chi connectivity index (χ1n) is 5.36. The van der Waals surface area contributed by atoms with Crippen LogP contribution in [0.1, 0.15) is 19.4 Å². The van der Waals surface area contributed by atoms with Crippen LogP contribution >= 0.6 is 0 Å². The smallest absolute Gasteiger partial charge is 0.418 e. The molecule has 1 amide bonds. The zero-order chi connectivity index (χ0) is 12.8. The lowest BCUT2D eigenvalue weighted by molar-refractivity contribution is 0.181. The number of anilines is 1. The van der Waals surface area contributed by atoms with E-state index in [1.54, 1.807) is 12.3 Å². The van der Waals surface area contributed by atoms with Crippen molar-refractivity contribution in [2.75, 3.05) is 12.0 Å². The van der Waals surface area contributed by atoms with Crippen LogP contribution < -0.4 is 4.90 Å². The van der Waals surface area contributed by atoms with Gasteiger partial charge in [0.25, 0.3) is 0 Å². The van der Waals surface area contributed by atoms with Gasteiger partial charge in [-0.1, -0.05) is 30.9 Å². The molecule has 0 saturated carbocycles. The average molecular weight is 231 g/mol. The Morgan fingerprint density at radius 2 is 2.06 bits per heavy atom. The Kier molecular flexibility index (Phi) is 4.52. The second kappa shape index (κ2) is 5.89. The third-order valence-electron chi connectivity index (χ3n) is 2.29. The van der Waals surface area contributed by atoms with E-state index < -0.39 is 6.09 Å². The molecule has 17 heavy (non-hydrogen) atoms. The highest BCUT2D eigenvalue weighted by Gasteiger charge is 2.16. The Hall–Kier alpha value is -2.03. The molecule has 0 aliphatic heterocycles. The Labute approximate surface area is 102 Å². The summed E-state index contributed by atoms with van der Waals surface area (Å²) >= 11 is 0. The lowest BCUT2D eigenvalue weighted by Gasteiger charge is -2.20. The van der Waals surface area contributed by atoms with Gasteiger partial charge in [0.15, 0.2) is 0 Å². The fourth-order valence-electron chi connectivity index (χ4n) is 1.53. The van der Waals surface area contributed by atoms with Crippen molar-refractivity contribution in [2.24, 2.45) is 0 Å². The average Bonchev–Trinajstić information content (AvgIpc) is 2.35. The number of amides is 1. The third-order valence-corrected chi connectivity index (χ3v) is 2.29. The highest BCUT2D eigenvalue weighted by Crippen LogP contribution is 2.26. The van der Waals surface area contributed by atoms with Gasteiger partial charge in [-0.05, 0) is 25.5 Å². The second-order valence-electron chi connectivity index (χ2n) is 3.62. The van der Waals surface area contributed by atoms with Crippen LogP contribution in [0.5, 0.6) is 0 Å². The van der Waals surface area contributed by atoms with Crippen LogP contribution in [0.4, 0.5) is 10.5 Å². The van der Waals surface area contributed by atoms with Crippen LogP contribution in [-0.4, -0.2) is 13.2 Å². The van der Waals surface area contributed by atoms with Crippen molar-refractivity contribution in [2.45, 2.75) is 13.8 Å². The maximum atomic E-state index is 11.7. The van der Waals surface area contributed by atoms with Crippen LogP contribution in [0.2, 0.25) is 0 Å². The normalized spacial score (nSPS) is 10.3. The summed E-state index contributed by atoms with van der Waals surface area (Å²) in [4.78, 5) is 13.2. The number of allylic oxidation sites excluding steroid dienone is 2. The van der Waals surface area contributed by atoms with Crippen molar-refractivity contribution in [3.63, 3.8) is 0 Å². The summed E-state index contributed by atoms with van der Waals surface area (Å²) in [5, 5.41) is 0. The van der Waals surface area contributed by atoms with Gasteiger partial charge in [0.05, 0.1) is 12.8 Å². The Morgan fingerprint density at radius 1 is 1.41 bits per heavy atom. The molecule has 3 heteroatoms. The molecule has 0 fully saturated rings. The topological polar surface area (TPSA) is 29.5 Å². The number of rotatable bonds is 3. The zero-order valence-corrected chi connectivity index (χ0v) is 10.4. The number of carbonyl (C=O) groups excluding carboxylic acids is 1. The van der Waals surface area contributed by atoms with E-state index in [4.69, 9.17) is 4.74 Å². The van der Waals surface area contributed by atoms with E-state index in [9.17, 15) is 4.79 Å².